The van der Waals surface area contributed by atoms with Crippen molar-refractivity contribution >= 4 is 27.2 Å². The molecule has 0 unspecified atom stereocenters. The van der Waals surface area contributed by atoms with Gasteiger partial charge in [-0.05, 0) is 50.8 Å². The molecule has 1 aromatic heterocycles. The Labute approximate surface area is 139 Å². The molecule has 0 saturated carbocycles. The number of hydrogen-bond donors (Lipinski definition) is 0. The maximum Gasteiger partial charge on any atom is 0.194 e. The zero-order valence-corrected chi connectivity index (χ0v) is 14.0. The molecule has 0 bridgehead atoms. The van der Waals surface area contributed by atoms with Crippen molar-refractivity contribution in [2.75, 3.05) is 20.6 Å². The second-order valence-electron chi connectivity index (χ2n) is 5.79. The molecule has 0 saturated heterocycles. The van der Waals surface area contributed by atoms with Gasteiger partial charge in [-0.2, -0.15) is 0 Å². The molecule has 0 fully saturated rings. The zero-order chi connectivity index (χ0) is 16.4. The first-order valence-corrected chi connectivity index (χ1v) is 8.33. The minimum Gasteiger partial charge on any atom is -0.309 e. The SMILES string of the molecule is CN(C)CCc1sc2ccccc2c1C(=O)c1ccc(F)cc1. The molecular weight excluding hydrogens is 309 g/mol. The molecule has 0 aliphatic carbocycles. The Balaban J connectivity index is 2.08. The van der Waals surface area contributed by atoms with E-state index < -0.39 is 0 Å². The minimum absolute atomic E-state index is 0.0313. The molecule has 1 heterocycles. The highest BCUT2D eigenvalue weighted by Crippen LogP contribution is 2.33. The third kappa shape index (κ3) is 3.33. The Bertz CT molecular complexity index is 836. The first kappa shape index (κ1) is 15.8. The monoisotopic (exact) mass is 327 g/mol. The van der Waals surface area contributed by atoms with E-state index in [1.54, 1.807) is 23.5 Å². The number of halogens is 1. The van der Waals surface area contributed by atoms with Crippen LogP contribution in [0.5, 0.6) is 0 Å². The van der Waals surface area contributed by atoms with Crippen LogP contribution in [0, 0.1) is 5.82 Å². The Morgan fingerprint density at radius 2 is 1.78 bits per heavy atom. The van der Waals surface area contributed by atoms with E-state index >= 15 is 0 Å². The molecule has 0 amide bonds. The third-order valence-electron chi connectivity index (χ3n) is 3.79. The van der Waals surface area contributed by atoms with Crippen LogP contribution in [0.3, 0.4) is 0 Å². The van der Waals surface area contributed by atoms with Crippen LogP contribution in [0.15, 0.2) is 48.5 Å². The molecule has 3 rings (SSSR count). The lowest BCUT2D eigenvalue weighted by atomic mass is 9.99. The van der Waals surface area contributed by atoms with Gasteiger partial charge in [0.25, 0.3) is 0 Å². The number of carbonyl (C=O) groups excluding carboxylic acids is 1. The number of nitrogens with zero attached hydrogens (tertiary/aromatic N) is 1. The van der Waals surface area contributed by atoms with Crippen molar-refractivity contribution in [1.82, 2.24) is 4.90 Å². The summed E-state index contributed by atoms with van der Waals surface area (Å²) in [5.41, 5.74) is 1.29. The normalized spacial score (nSPS) is 11.3. The summed E-state index contributed by atoms with van der Waals surface area (Å²) in [6.45, 7) is 0.885. The van der Waals surface area contributed by atoms with Crippen LogP contribution in [0.25, 0.3) is 10.1 Å². The summed E-state index contributed by atoms with van der Waals surface area (Å²) < 4.78 is 14.2. The molecule has 3 aromatic rings. The van der Waals surface area contributed by atoms with E-state index in [1.165, 1.54) is 12.1 Å². The summed E-state index contributed by atoms with van der Waals surface area (Å²) >= 11 is 1.67. The highest BCUT2D eigenvalue weighted by molar-refractivity contribution is 7.19. The molecular formula is C19H18FNOS. The van der Waals surface area contributed by atoms with E-state index in [0.717, 1.165) is 33.5 Å². The van der Waals surface area contributed by atoms with Crippen LogP contribution in [0.4, 0.5) is 4.39 Å². The maximum absolute atomic E-state index is 13.1. The molecule has 4 heteroatoms. The Morgan fingerprint density at radius 1 is 1.09 bits per heavy atom. The average molecular weight is 327 g/mol. The topological polar surface area (TPSA) is 20.3 Å². The van der Waals surface area contributed by atoms with Gasteiger partial charge in [-0.1, -0.05) is 18.2 Å². The predicted molar refractivity (Wildman–Crippen MR) is 93.9 cm³/mol. The van der Waals surface area contributed by atoms with Gasteiger partial charge < -0.3 is 4.90 Å². The number of likely N-dealkylation sites (N-methyl/N-ethyl adjacent to an activating group) is 1. The molecule has 23 heavy (non-hydrogen) atoms. The van der Waals surface area contributed by atoms with E-state index in [0.29, 0.717) is 5.56 Å². The summed E-state index contributed by atoms with van der Waals surface area (Å²) in [4.78, 5) is 16.2. The van der Waals surface area contributed by atoms with Crippen LogP contribution < -0.4 is 0 Å². The molecule has 0 atom stereocenters. The molecule has 0 aliphatic heterocycles. The lowest BCUT2D eigenvalue weighted by Gasteiger charge is -2.09. The third-order valence-corrected chi connectivity index (χ3v) is 5.02. The number of fused-ring (bicyclic) bond motifs is 1. The van der Waals surface area contributed by atoms with Gasteiger partial charge in [-0.15, -0.1) is 11.3 Å². The number of thiophene rings is 1. The molecule has 0 spiro atoms. The van der Waals surface area contributed by atoms with Crippen molar-refractivity contribution in [3.05, 3.63) is 70.4 Å². The van der Waals surface area contributed by atoms with Crippen molar-refractivity contribution in [3.63, 3.8) is 0 Å². The predicted octanol–water partition coefficient (Wildman–Crippen LogP) is 4.38. The first-order chi connectivity index (χ1) is 11.1. The largest absolute Gasteiger partial charge is 0.309 e. The van der Waals surface area contributed by atoms with Gasteiger partial charge in [-0.25, -0.2) is 4.39 Å². The lowest BCUT2D eigenvalue weighted by Crippen LogP contribution is -2.16. The number of carbonyl (C=O) groups is 1. The van der Waals surface area contributed by atoms with E-state index in [9.17, 15) is 9.18 Å². The van der Waals surface area contributed by atoms with Crippen LogP contribution in [-0.2, 0) is 6.42 Å². The lowest BCUT2D eigenvalue weighted by molar-refractivity contribution is 0.103. The summed E-state index contributed by atoms with van der Waals surface area (Å²) in [6, 6.07) is 13.7. The van der Waals surface area contributed by atoms with Crippen molar-refractivity contribution in [2.45, 2.75) is 6.42 Å². The number of rotatable bonds is 5. The van der Waals surface area contributed by atoms with Gasteiger partial charge in [0.1, 0.15) is 5.82 Å². The van der Waals surface area contributed by atoms with Crippen molar-refractivity contribution < 1.29 is 9.18 Å². The quantitative estimate of drug-likeness (QED) is 0.648. The number of ketones is 1. The summed E-state index contributed by atoms with van der Waals surface area (Å²) in [7, 11) is 4.05. The fourth-order valence-corrected chi connectivity index (χ4v) is 3.78. The number of hydrogen-bond acceptors (Lipinski definition) is 3. The van der Waals surface area contributed by atoms with Gasteiger partial charge in [0.2, 0.25) is 0 Å². The standard InChI is InChI=1S/C19H18FNOS/c1-21(2)12-11-17-18(15-5-3-4-6-16(15)23-17)19(22)13-7-9-14(20)10-8-13/h3-10H,11-12H2,1-2H3. The molecule has 0 N–H and O–H groups in total. The minimum atomic E-state index is -0.329. The maximum atomic E-state index is 13.1. The molecule has 2 aromatic carbocycles. The van der Waals surface area contributed by atoms with E-state index in [-0.39, 0.29) is 11.6 Å². The molecule has 2 nitrogen and oxygen atoms in total. The van der Waals surface area contributed by atoms with E-state index in [1.807, 2.05) is 38.4 Å². The average Bonchev–Trinajstić information content (AvgIpc) is 2.91. The summed E-state index contributed by atoms with van der Waals surface area (Å²) in [5, 5.41) is 0.987. The van der Waals surface area contributed by atoms with Gasteiger partial charge in [0.05, 0.1) is 0 Å². The Morgan fingerprint density at radius 3 is 2.48 bits per heavy atom. The molecule has 0 radical (unpaired) electrons. The zero-order valence-electron chi connectivity index (χ0n) is 13.2. The molecule has 118 valence electrons. The summed E-state index contributed by atoms with van der Waals surface area (Å²) in [6.07, 6.45) is 0.828. The van der Waals surface area contributed by atoms with Crippen molar-refractivity contribution in [2.24, 2.45) is 0 Å². The van der Waals surface area contributed by atoms with Crippen LogP contribution in [-0.4, -0.2) is 31.3 Å². The highest BCUT2D eigenvalue weighted by atomic mass is 32.1. The van der Waals surface area contributed by atoms with E-state index in [2.05, 4.69) is 4.90 Å². The fraction of sp³-hybridized carbons (Fsp3) is 0.211. The molecule has 0 aliphatic rings. The second kappa shape index (κ2) is 6.60. The van der Waals surface area contributed by atoms with Crippen LogP contribution >= 0.6 is 11.3 Å². The fourth-order valence-electron chi connectivity index (χ4n) is 2.59. The van der Waals surface area contributed by atoms with E-state index in [4.69, 9.17) is 0 Å². The van der Waals surface area contributed by atoms with Gasteiger partial charge in [-0.3, -0.25) is 4.79 Å². The first-order valence-electron chi connectivity index (χ1n) is 7.51. The van der Waals surface area contributed by atoms with Crippen molar-refractivity contribution in [3.8, 4) is 0 Å². The van der Waals surface area contributed by atoms with Crippen molar-refractivity contribution in [1.29, 1.82) is 0 Å². The highest BCUT2D eigenvalue weighted by Gasteiger charge is 2.20. The van der Waals surface area contributed by atoms with Gasteiger partial charge >= 0.3 is 0 Å². The van der Waals surface area contributed by atoms with Crippen LogP contribution in [0.2, 0.25) is 0 Å². The Kier molecular flexibility index (Phi) is 4.55. The van der Waals surface area contributed by atoms with Crippen LogP contribution in [0.1, 0.15) is 20.8 Å². The number of benzene rings is 2. The second-order valence-corrected chi connectivity index (χ2v) is 6.92. The van der Waals surface area contributed by atoms with Gasteiger partial charge in [0, 0.05) is 32.6 Å². The Hall–Kier alpha value is -2.04. The summed E-state index contributed by atoms with van der Waals surface area (Å²) in [5.74, 6) is -0.360. The smallest absolute Gasteiger partial charge is 0.194 e. The van der Waals surface area contributed by atoms with Gasteiger partial charge in [0.15, 0.2) is 5.78 Å².